The van der Waals surface area contributed by atoms with Crippen LogP contribution in [0.2, 0.25) is 0 Å². The summed E-state index contributed by atoms with van der Waals surface area (Å²) in [7, 11) is 0. The van der Waals surface area contributed by atoms with Crippen LogP contribution in [-0.4, -0.2) is 140 Å². The maximum atomic E-state index is 13.2. The topological polar surface area (TPSA) is 228 Å². The van der Waals surface area contributed by atoms with E-state index < -0.39 is 86.8 Å². The number of aliphatic hydroxyl groups excluding tert-OH is 8. The molecule has 9 N–H and O–H groups in total. The Morgan fingerprint density at radius 3 is 1.13 bits per heavy atom. The normalized spacial score (nSPS) is 24.9. The number of nitrogens with one attached hydrogen (secondary N) is 1. The highest BCUT2D eigenvalue weighted by Gasteiger charge is 2.51. The number of hydrogen-bond donors (Lipinski definition) is 9. The number of hydrogen-bond acceptors (Lipinski definition) is 13. The van der Waals surface area contributed by atoms with Gasteiger partial charge in [0.25, 0.3) is 0 Å². The Hall–Kier alpha value is -1.01. The number of amides is 1. The summed E-state index contributed by atoms with van der Waals surface area (Å²) in [5.41, 5.74) is 0. The molecule has 12 unspecified atom stereocenters. The van der Waals surface area contributed by atoms with Crippen molar-refractivity contribution in [2.24, 2.45) is 0 Å². The van der Waals surface area contributed by atoms with E-state index in [1.54, 1.807) is 0 Å². The van der Waals surface area contributed by atoms with Gasteiger partial charge in [0.2, 0.25) is 5.91 Å². The molecule has 12 atom stereocenters. The minimum Gasteiger partial charge on any atom is -0.394 e. The number of ether oxygens (including phenoxy) is 4. The number of aliphatic hydroxyl groups is 8. The summed E-state index contributed by atoms with van der Waals surface area (Å²) in [5.74, 6) is -0.201. The molecular formula is C61H119NO13. The summed E-state index contributed by atoms with van der Waals surface area (Å²) in [4.78, 5) is 13.2. The predicted octanol–water partition coefficient (Wildman–Crippen LogP) is 11.3. The van der Waals surface area contributed by atoms with Gasteiger partial charge in [0.05, 0.1) is 32.0 Å². The van der Waals surface area contributed by atoms with Crippen LogP contribution >= 0.6 is 0 Å². The first-order chi connectivity index (χ1) is 36.6. The SMILES string of the molecule is CCCCCCCCCCCCCCCCCCCCCCCCCCCCCCC(O)C(COC1OC(CO)C(OC2OC(CO)C(O)C(O)C2O)C(O)C1O)NC(=O)CCCCCCCCCCCCCCC. The monoisotopic (exact) mass is 1070 g/mol. The van der Waals surface area contributed by atoms with Gasteiger partial charge in [0.15, 0.2) is 12.6 Å². The molecule has 0 aromatic carbocycles. The zero-order chi connectivity index (χ0) is 54.6. The van der Waals surface area contributed by atoms with Gasteiger partial charge < -0.3 is 65.1 Å². The maximum absolute atomic E-state index is 13.2. The molecule has 0 aromatic heterocycles. The quantitative estimate of drug-likeness (QED) is 0.0259. The molecule has 2 heterocycles. The van der Waals surface area contributed by atoms with Crippen molar-refractivity contribution in [2.75, 3.05) is 19.8 Å². The van der Waals surface area contributed by atoms with E-state index in [4.69, 9.17) is 18.9 Å². The predicted molar refractivity (Wildman–Crippen MR) is 300 cm³/mol. The number of carbonyl (C=O) groups is 1. The lowest BCUT2D eigenvalue weighted by molar-refractivity contribution is -0.359. The standard InChI is InChI=1S/C61H119NO13/c1-3-5-7-9-11-13-15-17-18-19-20-21-22-23-24-25-26-27-28-29-30-31-33-34-36-38-40-42-44-50(65)49(62-53(66)45-43-41-39-37-35-32-16-14-12-10-8-6-4-2)48-72-60-58(71)56(69)59(52(47-64)74-60)75-61-57(70)55(68)54(67)51(46-63)73-61/h49-52,54-61,63-65,67-71H,3-48H2,1-2H3,(H,62,66). The summed E-state index contributed by atoms with van der Waals surface area (Å²) in [6.07, 6.45) is 36.9. The van der Waals surface area contributed by atoms with Gasteiger partial charge in [0, 0.05) is 6.42 Å². The highest BCUT2D eigenvalue weighted by Crippen LogP contribution is 2.30. The van der Waals surface area contributed by atoms with Crippen molar-refractivity contribution in [3.05, 3.63) is 0 Å². The van der Waals surface area contributed by atoms with Crippen LogP contribution in [0.1, 0.15) is 290 Å². The summed E-state index contributed by atoms with van der Waals surface area (Å²) in [6, 6.07) is -0.822. The Kier molecular flexibility index (Phi) is 44.6. The van der Waals surface area contributed by atoms with Crippen molar-refractivity contribution in [2.45, 2.75) is 364 Å². The van der Waals surface area contributed by atoms with E-state index in [2.05, 4.69) is 19.2 Å². The molecule has 0 aliphatic carbocycles. The lowest BCUT2D eigenvalue weighted by Gasteiger charge is -2.46. The van der Waals surface area contributed by atoms with Crippen LogP contribution in [0.15, 0.2) is 0 Å². The summed E-state index contributed by atoms with van der Waals surface area (Å²) < 4.78 is 22.8. The molecule has 0 aromatic rings. The fourth-order valence-electron chi connectivity index (χ4n) is 10.9. The number of carbonyl (C=O) groups excluding carboxylic acids is 1. The van der Waals surface area contributed by atoms with Crippen molar-refractivity contribution in [3.8, 4) is 0 Å². The van der Waals surface area contributed by atoms with E-state index in [9.17, 15) is 45.6 Å². The van der Waals surface area contributed by atoms with Crippen LogP contribution in [0, 0.1) is 0 Å². The Morgan fingerprint density at radius 2 is 0.760 bits per heavy atom. The lowest BCUT2D eigenvalue weighted by Crippen LogP contribution is -2.65. The molecular weight excluding hydrogens is 955 g/mol. The molecule has 0 radical (unpaired) electrons. The van der Waals surface area contributed by atoms with Gasteiger partial charge in [-0.1, -0.05) is 271 Å². The second-order valence-electron chi connectivity index (χ2n) is 22.9. The first-order valence-corrected chi connectivity index (χ1v) is 31.8. The van der Waals surface area contributed by atoms with Gasteiger partial charge in [0.1, 0.15) is 48.8 Å². The lowest BCUT2D eigenvalue weighted by atomic mass is 9.97. The summed E-state index contributed by atoms with van der Waals surface area (Å²) in [6.45, 7) is 2.90. The molecule has 2 fully saturated rings. The highest BCUT2D eigenvalue weighted by atomic mass is 16.7. The van der Waals surface area contributed by atoms with Crippen molar-refractivity contribution in [3.63, 3.8) is 0 Å². The van der Waals surface area contributed by atoms with Crippen molar-refractivity contribution in [1.29, 1.82) is 0 Å². The van der Waals surface area contributed by atoms with Crippen LogP contribution in [0.25, 0.3) is 0 Å². The second kappa shape index (κ2) is 47.8. The molecule has 0 saturated carbocycles. The van der Waals surface area contributed by atoms with Crippen molar-refractivity contribution < 1.29 is 64.6 Å². The average Bonchev–Trinajstić information content (AvgIpc) is 3.41. The maximum Gasteiger partial charge on any atom is 0.220 e. The molecule has 0 bridgehead atoms. The summed E-state index contributed by atoms with van der Waals surface area (Å²) in [5, 5.41) is 87.3. The fourth-order valence-corrected chi connectivity index (χ4v) is 10.9. The zero-order valence-electron chi connectivity index (χ0n) is 48.1. The molecule has 2 rings (SSSR count). The van der Waals surface area contributed by atoms with Crippen molar-refractivity contribution >= 4 is 5.91 Å². The van der Waals surface area contributed by atoms with E-state index in [1.165, 1.54) is 212 Å². The third kappa shape index (κ3) is 33.4. The van der Waals surface area contributed by atoms with Gasteiger partial charge >= 0.3 is 0 Å². The van der Waals surface area contributed by atoms with E-state index in [-0.39, 0.29) is 12.5 Å². The van der Waals surface area contributed by atoms with Crippen LogP contribution in [0.3, 0.4) is 0 Å². The smallest absolute Gasteiger partial charge is 0.220 e. The molecule has 2 saturated heterocycles. The van der Waals surface area contributed by atoms with Gasteiger partial charge in [-0.25, -0.2) is 0 Å². The molecule has 0 spiro atoms. The number of rotatable bonds is 52. The Morgan fingerprint density at radius 1 is 0.427 bits per heavy atom. The molecule has 446 valence electrons. The van der Waals surface area contributed by atoms with Crippen LogP contribution in [-0.2, 0) is 23.7 Å². The van der Waals surface area contributed by atoms with E-state index in [0.717, 1.165) is 51.4 Å². The van der Waals surface area contributed by atoms with E-state index in [0.29, 0.717) is 12.8 Å². The largest absolute Gasteiger partial charge is 0.394 e. The zero-order valence-corrected chi connectivity index (χ0v) is 48.1. The van der Waals surface area contributed by atoms with Gasteiger partial charge in [-0.3, -0.25) is 4.79 Å². The third-order valence-electron chi connectivity index (χ3n) is 16.1. The first-order valence-electron chi connectivity index (χ1n) is 31.8. The minimum atomic E-state index is -1.78. The van der Waals surface area contributed by atoms with Gasteiger partial charge in [-0.15, -0.1) is 0 Å². The highest BCUT2D eigenvalue weighted by molar-refractivity contribution is 5.76. The van der Waals surface area contributed by atoms with Crippen LogP contribution in [0.4, 0.5) is 0 Å². The van der Waals surface area contributed by atoms with Gasteiger partial charge in [-0.05, 0) is 12.8 Å². The fraction of sp³-hybridized carbons (Fsp3) is 0.984. The van der Waals surface area contributed by atoms with Gasteiger partial charge in [-0.2, -0.15) is 0 Å². The molecule has 14 nitrogen and oxygen atoms in total. The van der Waals surface area contributed by atoms with E-state index in [1.807, 2.05) is 0 Å². The molecule has 2 aliphatic rings. The molecule has 1 amide bonds. The van der Waals surface area contributed by atoms with Crippen LogP contribution < -0.4 is 5.32 Å². The Bertz CT molecular complexity index is 1270. The Balaban J connectivity index is 1.66. The first kappa shape index (κ1) is 70.1. The Labute approximate surface area is 457 Å². The number of unbranched alkanes of at least 4 members (excludes halogenated alkanes) is 39. The third-order valence-corrected chi connectivity index (χ3v) is 16.1. The minimum absolute atomic E-state index is 0.201. The van der Waals surface area contributed by atoms with Crippen LogP contribution in [0.5, 0.6) is 0 Å². The molecule has 14 heteroatoms. The van der Waals surface area contributed by atoms with Crippen molar-refractivity contribution in [1.82, 2.24) is 5.32 Å². The summed E-state index contributed by atoms with van der Waals surface area (Å²) >= 11 is 0. The molecule has 75 heavy (non-hydrogen) atoms. The average molecular weight is 1070 g/mol. The molecule has 2 aliphatic heterocycles. The second-order valence-corrected chi connectivity index (χ2v) is 22.9. The van der Waals surface area contributed by atoms with E-state index >= 15 is 0 Å².